The molecule has 0 aromatic carbocycles. The molecule has 1 amide bonds. The maximum absolute atomic E-state index is 12.8. The van der Waals surface area contributed by atoms with Gasteiger partial charge in [-0.2, -0.15) is 0 Å². The second-order valence-electron chi connectivity index (χ2n) is 7.35. The Labute approximate surface area is 153 Å². The largest absolute Gasteiger partial charge is 0.380 e. The zero-order valence-corrected chi connectivity index (χ0v) is 15.2. The van der Waals surface area contributed by atoms with Gasteiger partial charge in [0.05, 0.1) is 25.2 Å². The van der Waals surface area contributed by atoms with Crippen LogP contribution in [0.25, 0.3) is 0 Å². The van der Waals surface area contributed by atoms with Crippen molar-refractivity contribution in [3.8, 4) is 0 Å². The molecule has 1 unspecified atom stereocenters. The molecule has 1 aliphatic heterocycles. The molecule has 2 aromatic rings. The normalized spacial score (nSPS) is 20.3. The van der Waals surface area contributed by atoms with Gasteiger partial charge in [0.2, 0.25) is 0 Å². The SMILES string of the molecule is Cn1cnc2c1C(COCC1CCCC1)CN(C(=O)c1ccncn1)C2. The third kappa shape index (κ3) is 3.49. The highest BCUT2D eigenvalue weighted by Gasteiger charge is 2.32. The monoisotopic (exact) mass is 355 g/mol. The number of amides is 1. The van der Waals surface area contributed by atoms with Gasteiger partial charge in [-0.15, -0.1) is 0 Å². The predicted octanol–water partition coefficient (Wildman–Crippen LogP) is 2.16. The molecule has 1 aliphatic carbocycles. The van der Waals surface area contributed by atoms with Gasteiger partial charge < -0.3 is 14.2 Å². The quantitative estimate of drug-likeness (QED) is 0.822. The summed E-state index contributed by atoms with van der Waals surface area (Å²) in [5.41, 5.74) is 2.56. The summed E-state index contributed by atoms with van der Waals surface area (Å²) in [5.74, 6) is 0.756. The summed E-state index contributed by atoms with van der Waals surface area (Å²) in [7, 11) is 2.01. The van der Waals surface area contributed by atoms with E-state index in [1.807, 2.05) is 18.3 Å². The van der Waals surface area contributed by atoms with Crippen LogP contribution in [0.5, 0.6) is 0 Å². The smallest absolute Gasteiger partial charge is 0.272 e. The molecule has 26 heavy (non-hydrogen) atoms. The molecule has 3 heterocycles. The average Bonchev–Trinajstić information content (AvgIpc) is 3.32. The number of imidazole rings is 1. The van der Waals surface area contributed by atoms with E-state index in [0.29, 0.717) is 31.3 Å². The maximum Gasteiger partial charge on any atom is 0.272 e. The van der Waals surface area contributed by atoms with Gasteiger partial charge in [-0.3, -0.25) is 4.79 Å². The summed E-state index contributed by atoms with van der Waals surface area (Å²) in [5, 5.41) is 0. The van der Waals surface area contributed by atoms with Crippen molar-refractivity contribution in [2.24, 2.45) is 13.0 Å². The van der Waals surface area contributed by atoms with Crippen LogP contribution in [0, 0.1) is 5.92 Å². The van der Waals surface area contributed by atoms with E-state index in [4.69, 9.17) is 4.74 Å². The summed E-state index contributed by atoms with van der Waals surface area (Å²) >= 11 is 0. The molecule has 2 aromatic heterocycles. The zero-order chi connectivity index (χ0) is 17.9. The second-order valence-corrected chi connectivity index (χ2v) is 7.35. The Hall–Kier alpha value is -2.28. The van der Waals surface area contributed by atoms with Crippen molar-refractivity contribution in [3.05, 3.63) is 42.0 Å². The predicted molar refractivity (Wildman–Crippen MR) is 95.5 cm³/mol. The first kappa shape index (κ1) is 17.1. The van der Waals surface area contributed by atoms with Crippen molar-refractivity contribution in [2.45, 2.75) is 38.1 Å². The number of rotatable bonds is 5. The molecule has 138 valence electrons. The Balaban J connectivity index is 1.47. The molecule has 0 N–H and O–H groups in total. The fourth-order valence-corrected chi connectivity index (χ4v) is 4.15. The maximum atomic E-state index is 12.8. The first-order valence-electron chi connectivity index (χ1n) is 9.35. The van der Waals surface area contributed by atoms with Gasteiger partial charge in [0.1, 0.15) is 12.0 Å². The van der Waals surface area contributed by atoms with Crippen LogP contribution in [-0.2, 0) is 18.3 Å². The van der Waals surface area contributed by atoms with E-state index >= 15 is 0 Å². The number of fused-ring (bicyclic) bond motifs is 1. The van der Waals surface area contributed by atoms with Gasteiger partial charge >= 0.3 is 0 Å². The molecule has 1 atom stereocenters. The minimum Gasteiger partial charge on any atom is -0.380 e. The van der Waals surface area contributed by atoms with Crippen LogP contribution >= 0.6 is 0 Å². The Kier molecular flexibility index (Phi) is 4.97. The van der Waals surface area contributed by atoms with Gasteiger partial charge in [-0.05, 0) is 24.8 Å². The van der Waals surface area contributed by atoms with Crippen LogP contribution in [0.1, 0.15) is 53.5 Å². The molecule has 2 aliphatic rings. The number of ether oxygens (including phenoxy) is 1. The van der Waals surface area contributed by atoms with Crippen molar-refractivity contribution in [3.63, 3.8) is 0 Å². The van der Waals surface area contributed by atoms with Gasteiger partial charge in [0.25, 0.3) is 5.91 Å². The highest BCUT2D eigenvalue weighted by atomic mass is 16.5. The minimum absolute atomic E-state index is 0.0792. The fraction of sp³-hybridized carbons (Fsp3) is 0.579. The number of aryl methyl sites for hydroxylation is 1. The van der Waals surface area contributed by atoms with Gasteiger partial charge in [-0.25, -0.2) is 15.0 Å². The van der Waals surface area contributed by atoms with Crippen molar-refractivity contribution in [2.75, 3.05) is 19.8 Å². The Morgan fingerprint density at radius 3 is 2.88 bits per heavy atom. The first-order valence-corrected chi connectivity index (χ1v) is 9.35. The van der Waals surface area contributed by atoms with E-state index < -0.39 is 0 Å². The van der Waals surface area contributed by atoms with Crippen LogP contribution in [0.15, 0.2) is 24.9 Å². The summed E-state index contributed by atoms with van der Waals surface area (Å²) < 4.78 is 8.13. The van der Waals surface area contributed by atoms with Gasteiger partial charge in [0.15, 0.2) is 0 Å². The average molecular weight is 355 g/mol. The third-order valence-electron chi connectivity index (χ3n) is 5.47. The van der Waals surface area contributed by atoms with Crippen LogP contribution < -0.4 is 0 Å². The molecule has 0 spiro atoms. The molecule has 0 radical (unpaired) electrons. The molecule has 0 saturated heterocycles. The minimum atomic E-state index is -0.0792. The van der Waals surface area contributed by atoms with E-state index in [2.05, 4.69) is 19.5 Å². The highest BCUT2D eigenvalue weighted by molar-refractivity contribution is 5.92. The molecule has 7 nitrogen and oxygen atoms in total. The number of hydrogen-bond donors (Lipinski definition) is 0. The van der Waals surface area contributed by atoms with Crippen LogP contribution in [0.2, 0.25) is 0 Å². The lowest BCUT2D eigenvalue weighted by atomic mass is 9.98. The van der Waals surface area contributed by atoms with Crippen molar-refractivity contribution >= 4 is 5.91 Å². The molecule has 1 fully saturated rings. The standard InChI is InChI=1S/C19H25N5O2/c1-23-13-22-17-9-24(19(25)16-6-7-20-12-21-16)8-15(18(17)23)11-26-10-14-4-2-3-5-14/h6-7,12-15H,2-5,8-11H2,1H3. The summed E-state index contributed by atoms with van der Waals surface area (Å²) in [6.07, 6.45) is 10.0. The topological polar surface area (TPSA) is 73.1 Å². The van der Waals surface area contributed by atoms with Crippen molar-refractivity contribution < 1.29 is 9.53 Å². The lowest BCUT2D eigenvalue weighted by Crippen LogP contribution is -2.40. The third-order valence-corrected chi connectivity index (χ3v) is 5.47. The zero-order valence-electron chi connectivity index (χ0n) is 15.2. The first-order chi connectivity index (χ1) is 12.7. The summed E-state index contributed by atoms with van der Waals surface area (Å²) in [6, 6.07) is 1.65. The molecule has 0 bridgehead atoms. The number of nitrogens with zero attached hydrogens (tertiary/aromatic N) is 5. The fourth-order valence-electron chi connectivity index (χ4n) is 4.15. The van der Waals surface area contributed by atoms with E-state index in [9.17, 15) is 4.79 Å². The Bertz CT molecular complexity index is 755. The number of aromatic nitrogens is 4. The number of carbonyl (C=O) groups is 1. The second kappa shape index (κ2) is 7.53. The van der Waals surface area contributed by atoms with E-state index in [-0.39, 0.29) is 11.8 Å². The van der Waals surface area contributed by atoms with Gasteiger partial charge in [-0.1, -0.05) is 12.8 Å². The van der Waals surface area contributed by atoms with Crippen LogP contribution in [0.4, 0.5) is 0 Å². The molecule has 4 rings (SSSR count). The van der Waals surface area contributed by atoms with Crippen molar-refractivity contribution in [1.29, 1.82) is 0 Å². The molecular weight excluding hydrogens is 330 g/mol. The Morgan fingerprint density at radius 2 is 2.12 bits per heavy atom. The number of carbonyl (C=O) groups excluding carboxylic acids is 1. The number of hydrogen-bond acceptors (Lipinski definition) is 5. The van der Waals surface area contributed by atoms with E-state index in [1.165, 1.54) is 37.7 Å². The van der Waals surface area contributed by atoms with E-state index in [1.54, 1.807) is 12.3 Å². The lowest BCUT2D eigenvalue weighted by molar-refractivity contribution is 0.0568. The Morgan fingerprint density at radius 1 is 1.27 bits per heavy atom. The highest BCUT2D eigenvalue weighted by Crippen LogP contribution is 2.30. The van der Waals surface area contributed by atoms with Crippen molar-refractivity contribution in [1.82, 2.24) is 24.4 Å². The van der Waals surface area contributed by atoms with Crippen LogP contribution in [0.3, 0.4) is 0 Å². The lowest BCUT2D eigenvalue weighted by Gasteiger charge is -2.32. The van der Waals surface area contributed by atoms with Crippen LogP contribution in [-0.4, -0.2) is 50.1 Å². The molecule has 1 saturated carbocycles. The molecule has 7 heteroatoms. The van der Waals surface area contributed by atoms with Gasteiger partial charge in [0, 0.05) is 38.0 Å². The van der Waals surface area contributed by atoms with E-state index in [0.717, 1.165) is 12.3 Å². The summed E-state index contributed by atoms with van der Waals surface area (Å²) in [4.78, 5) is 27.1. The summed E-state index contributed by atoms with van der Waals surface area (Å²) in [6.45, 7) is 2.58. The molecular formula is C19H25N5O2.